The van der Waals surface area contributed by atoms with Crippen molar-refractivity contribution in [3.05, 3.63) is 28.7 Å². The Labute approximate surface area is 126 Å². The van der Waals surface area contributed by atoms with Crippen molar-refractivity contribution >= 4 is 32.6 Å². The van der Waals surface area contributed by atoms with E-state index < -0.39 is 10.8 Å². The smallest absolute Gasteiger partial charge is 0.222 e. The maximum Gasteiger partial charge on any atom is 0.222 e. The fourth-order valence-electron chi connectivity index (χ4n) is 1.71. The SMILES string of the molecule is CCCN(C)C(=O)CCC[S@](=O)c1ccc(Br)cc1. The summed E-state index contributed by atoms with van der Waals surface area (Å²) in [5.41, 5.74) is 0. The highest BCUT2D eigenvalue weighted by atomic mass is 79.9. The van der Waals surface area contributed by atoms with Crippen LogP contribution in [-0.2, 0) is 15.6 Å². The minimum Gasteiger partial charge on any atom is -0.346 e. The number of halogens is 1. The number of carbonyl (C=O) groups excluding carboxylic acids is 1. The molecule has 0 bridgehead atoms. The molecule has 19 heavy (non-hydrogen) atoms. The summed E-state index contributed by atoms with van der Waals surface area (Å²) in [5.74, 6) is 0.669. The number of amides is 1. The second-order valence-electron chi connectivity index (χ2n) is 4.42. The Balaban J connectivity index is 2.35. The summed E-state index contributed by atoms with van der Waals surface area (Å²) in [6.45, 7) is 2.83. The van der Waals surface area contributed by atoms with Crippen molar-refractivity contribution in [2.24, 2.45) is 0 Å². The minimum atomic E-state index is -1.02. The van der Waals surface area contributed by atoms with Crippen LogP contribution >= 0.6 is 15.9 Å². The Morgan fingerprint density at radius 3 is 2.53 bits per heavy atom. The summed E-state index contributed by atoms with van der Waals surface area (Å²) in [6.07, 6.45) is 2.10. The van der Waals surface area contributed by atoms with E-state index in [4.69, 9.17) is 0 Å². The third kappa shape index (κ3) is 5.87. The quantitative estimate of drug-likeness (QED) is 0.760. The van der Waals surface area contributed by atoms with Gasteiger partial charge in [-0.2, -0.15) is 0 Å². The van der Waals surface area contributed by atoms with Crippen molar-refractivity contribution in [3.63, 3.8) is 0 Å². The van der Waals surface area contributed by atoms with Crippen molar-refractivity contribution in [1.82, 2.24) is 4.90 Å². The Morgan fingerprint density at radius 2 is 1.95 bits per heavy atom. The van der Waals surface area contributed by atoms with Gasteiger partial charge in [-0.1, -0.05) is 22.9 Å². The third-order valence-electron chi connectivity index (χ3n) is 2.78. The van der Waals surface area contributed by atoms with Crippen LogP contribution in [0.25, 0.3) is 0 Å². The van der Waals surface area contributed by atoms with Crippen LogP contribution in [0.1, 0.15) is 26.2 Å². The van der Waals surface area contributed by atoms with Crippen molar-refractivity contribution < 1.29 is 9.00 Å². The van der Waals surface area contributed by atoms with Crippen LogP contribution in [0.2, 0.25) is 0 Å². The lowest BCUT2D eigenvalue weighted by atomic mass is 10.3. The average molecular weight is 346 g/mol. The molecule has 1 atom stereocenters. The molecule has 0 radical (unpaired) electrons. The molecule has 1 amide bonds. The van der Waals surface area contributed by atoms with Gasteiger partial charge in [0.2, 0.25) is 5.91 Å². The molecule has 0 aliphatic rings. The van der Waals surface area contributed by atoms with Crippen LogP contribution in [-0.4, -0.2) is 34.4 Å². The summed E-state index contributed by atoms with van der Waals surface area (Å²) in [6, 6.07) is 7.47. The zero-order valence-electron chi connectivity index (χ0n) is 11.4. The van der Waals surface area contributed by atoms with E-state index in [0.29, 0.717) is 18.6 Å². The lowest BCUT2D eigenvalue weighted by molar-refractivity contribution is -0.129. The molecule has 1 rings (SSSR count). The predicted octanol–water partition coefficient (Wildman–Crippen LogP) is 3.21. The lowest BCUT2D eigenvalue weighted by Gasteiger charge is -2.15. The Bertz CT molecular complexity index is 434. The molecule has 0 heterocycles. The molecule has 0 aliphatic heterocycles. The Hall–Kier alpha value is -0.680. The summed E-state index contributed by atoms with van der Waals surface area (Å²) in [5, 5.41) is 0. The zero-order chi connectivity index (χ0) is 14.3. The van der Waals surface area contributed by atoms with E-state index in [0.717, 1.165) is 22.3 Å². The molecule has 1 aromatic carbocycles. The Kier molecular flexibility index (Phi) is 7.31. The number of hydrogen-bond donors (Lipinski definition) is 0. The molecule has 1 aromatic rings. The van der Waals surface area contributed by atoms with Gasteiger partial charge in [-0.25, -0.2) is 0 Å². The average Bonchev–Trinajstić information content (AvgIpc) is 2.39. The normalized spacial score (nSPS) is 12.2. The van der Waals surface area contributed by atoms with Crippen LogP contribution in [0.15, 0.2) is 33.6 Å². The number of rotatable bonds is 7. The first-order chi connectivity index (χ1) is 9.04. The summed E-state index contributed by atoms with van der Waals surface area (Å²) >= 11 is 3.35. The second-order valence-corrected chi connectivity index (χ2v) is 6.91. The van der Waals surface area contributed by atoms with E-state index in [1.54, 1.807) is 4.90 Å². The molecule has 106 valence electrons. The number of hydrogen-bond acceptors (Lipinski definition) is 2. The van der Waals surface area contributed by atoms with Gasteiger partial charge >= 0.3 is 0 Å². The van der Waals surface area contributed by atoms with Gasteiger partial charge in [0.25, 0.3) is 0 Å². The standard InChI is InChI=1S/C14H20BrNO2S/c1-3-10-16(2)14(17)5-4-11-19(18)13-8-6-12(15)7-9-13/h6-9H,3-5,10-11H2,1-2H3/t19-/m0/s1. The molecular weight excluding hydrogens is 326 g/mol. The minimum absolute atomic E-state index is 0.134. The molecule has 0 spiro atoms. The van der Waals surface area contributed by atoms with E-state index in [-0.39, 0.29) is 5.91 Å². The molecule has 0 aromatic heterocycles. The maximum absolute atomic E-state index is 12.0. The monoisotopic (exact) mass is 345 g/mol. The third-order valence-corrected chi connectivity index (χ3v) is 4.77. The molecule has 0 saturated carbocycles. The molecule has 3 nitrogen and oxygen atoms in total. The van der Waals surface area contributed by atoms with Gasteiger partial charge in [0, 0.05) is 35.1 Å². The van der Waals surface area contributed by atoms with Gasteiger partial charge in [0.15, 0.2) is 0 Å². The van der Waals surface area contributed by atoms with Crippen molar-refractivity contribution in [1.29, 1.82) is 0 Å². The van der Waals surface area contributed by atoms with Gasteiger partial charge < -0.3 is 4.90 Å². The van der Waals surface area contributed by atoms with Gasteiger partial charge in [0.1, 0.15) is 0 Å². The van der Waals surface area contributed by atoms with Crippen LogP contribution in [0, 0.1) is 0 Å². The first-order valence-electron chi connectivity index (χ1n) is 6.42. The molecule has 0 aliphatic carbocycles. The maximum atomic E-state index is 12.0. The highest BCUT2D eigenvalue weighted by molar-refractivity contribution is 9.10. The molecule has 5 heteroatoms. The topological polar surface area (TPSA) is 37.4 Å². The van der Waals surface area contributed by atoms with Gasteiger partial charge in [-0.15, -0.1) is 0 Å². The van der Waals surface area contributed by atoms with E-state index in [1.165, 1.54) is 0 Å². The summed E-state index contributed by atoms with van der Waals surface area (Å²) in [4.78, 5) is 14.3. The van der Waals surface area contributed by atoms with Gasteiger partial charge in [-0.3, -0.25) is 9.00 Å². The highest BCUT2D eigenvalue weighted by Gasteiger charge is 2.09. The van der Waals surface area contributed by atoms with E-state index in [9.17, 15) is 9.00 Å². The number of benzene rings is 1. The highest BCUT2D eigenvalue weighted by Crippen LogP contribution is 2.14. The van der Waals surface area contributed by atoms with E-state index in [2.05, 4.69) is 15.9 Å². The summed E-state index contributed by atoms with van der Waals surface area (Å²) < 4.78 is 13.0. The van der Waals surface area contributed by atoms with Crippen molar-refractivity contribution in [2.75, 3.05) is 19.3 Å². The van der Waals surface area contributed by atoms with Crippen LogP contribution in [0.5, 0.6) is 0 Å². The van der Waals surface area contributed by atoms with Crippen LogP contribution in [0.4, 0.5) is 0 Å². The van der Waals surface area contributed by atoms with Crippen molar-refractivity contribution in [3.8, 4) is 0 Å². The van der Waals surface area contributed by atoms with Crippen LogP contribution < -0.4 is 0 Å². The van der Waals surface area contributed by atoms with E-state index >= 15 is 0 Å². The first kappa shape index (κ1) is 16.4. The summed E-state index contributed by atoms with van der Waals surface area (Å²) in [7, 11) is 0.800. The molecular formula is C14H20BrNO2S. The lowest BCUT2D eigenvalue weighted by Crippen LogP contribution is -2.27. The first-order valence-corrected chi connectivity index (χ1v) is 8.53. The zero-order valence-corrected chi connectivity index (χ0v) is 13.8. The molecule has 0 saturated heterocycles. The van der Waals surface area contributed by atoms with Crippen molar-refractivity contribution in [2.45, 2.75) is 31.1 Å². The fourth-order valence-corrected chi connectivity index (χ4v) is 3.06. The largest absolute Gasteiger partial charge is 0.346 e. The predicted molar refractivity (Wildman–Crippen MR) is 82.6 cm³/mol. The second kappa shape index (κ2) is 8.48. The number of nitrogens with zero attached hydrogens (tertiary/aromatic N) is 1. The van der Waals surface area contributed by atoms with Gasteiger partial charge in [-0.05, 0) is 37.1 Å². The van der Waals surface area contributed by atoms with E-state index in [1.807, 2.05) is 38.2 Å². The van der Waals surface area contributed by atoms with Gasteiger partial charge in [0.05, 0.1) is 10.8 Å². The van der Waals surface area contributed by atoms with Crippen LogP contribution in [0.3, 0.4) is 0 Å². The number of carbonyl (C=O) groups is 1. The Morgan fingerprint density at radius 1 is 1.32 bits per heavy atom. The molecule has 0 N–H and O–H groups in total. The molecule has 0 unspecified atom stereocenters. The fraction of sp³-hybridized carbons (Fsp3) is 0.500. The molecule has 0 fully saturated rings.